The second-order valence-corrected chi connectivity index (χ2v) is 5.72. The quantitative estimate of drug-likeness (QED) is 0.749. The number of halogens is 1. The molecule has 0 saturated carbocycles. The standard InChI is InChI=1S/C17H21ClN4O/c1-3-4-5-10-19-17(23)15-11-16(21-12(2)20-15)22-14-8-6-13(18)7-9-14/h6-9,11H,3-5,10H2,1-2H3,(H,19,23)(H,20,21,22). The minimum absolute atomic E-state index is 0.175. The zero-order valence-electron chi connectivity index (χ0n) is 13.4. The van der Waals surface area contributed by atoms with Gasteiger partial charge in [-0.1, -0.05) is 31.4 Å². The Kier molecular flexibility index (Phi) is 6.35. The molecule has 0 bridgehead atoms. The Labute approximate surface area is 141 Å². The van der Waals surface area contributed by atoms with Crippen molar-refractivity contribution in [3.05, 3.63) is 46.9 Å². The second kappa shape index (κ2) is 8.48. The van der Waals surface area contributed by atoms with Gasteiger partial charge in [0.2, 0.25) is 0 Å². The van der Waals surface area contributed by atoms with Crippen LogP contribution in [0.15, 0.2) is 30.3 Å². The van der Waals surface area contributed by atoms with Gasteiger partial charge >= 0.3 is 0 Å². The molecule has 0 aliphatic rings. The van der Waals surface area contributed by atoms with Crippen molar-refractivity contribution in [3.63, 3.8) is 0 Å². The van der Waals surface area contributed by atoms with Crippen LogP contribution < -0.4 is 10.6 Å². The fourth-order valence-corrected chi connectivity index (χ4v) is 2.22. The molecule has 0 fully saturated rings. The lowest BCUT2D eigenvalue weighted by Gasteiger charge is -2.09. The van der Waals surface area contributed by atoms with Gasteiger partial charge < -0.3 is 10.6 Å². The molecule has 5 nitrogen and oxygen atoms in total. The van der Waals surface area contributed by atoms with Crippen molar-refractivity contribution in [2.45, 2.75) is 33.1 Å². The van der Waals surface area contributed by atoms with Gasteiger partial charge in [-0.05, 0) is 37.6 Å². The van der Waals surface area contributed by atoms with Gasteiger partial charge in [0, 0.05) is 23.3 Å². The van der Waals surface area contributed by atoms with Crippen LogP contribution in [0.1, 0.15) is 42.5 Å². The van der Waals surface area contributed by atoms with Crippen molar-refractivity contribution in [3.8, 4) is 0 Å². The molecule has 23 heavy (non-hydrogen) atoms. The first kappa shape index (κ1) is 17.2. The fourth-order valence-electron chi connectivity index (χ4n) is 2.10. The predicted octanol–water partition coefficient (Wildman–Crippen LogP) is 4.10. The van der Waals surface area contributed by atoms with E-state index in [0.29, 0.717) is 28.9 Å². The monoisotopic (exact) mass is 332 g/mol. The van der Waals surface area contributed by atoms with Crippen LogP contribution in [0.2, 0.25) is 5.02 Å². The summed E-state index contributed by atoms with van der Waals surface area (Å²) in [5.41, 5.74) is 1.22. The maximum absolute atomic E-state index is 12.2. The van der Waals surface area contributed by atoms with E-state index in [1.54, 1.807) is 25.1 Å². The predicted molar refractivity (Wildman–Crippen MR) is 93.4 cm³/mol. The van der Waals surface area contributed by atoms with Crippen molar-refractivity contribution in [1.82, 2.24) is 15.3 Å². The first-order valence-corrected chi connectivity index (χ1v) is 8.12. The zero-order chi connectivity index (χ0) is 16.7. The Morgan fingerprint density at radius 3 is 2.61 bits per heavy atom. The largest absolute Gasteiger partial charge is 0.351 e. The molecule has 2 N–H and O–H groups in total. The summed E-state index contributed by atoms with van der Waals surface area (Å²) in [6, 6.07) is 8.93. The van der Waals surface area contributed by atoms with E-state index in [1.165, 1.54) is 0 Å². The zero-order valence-corrected chi connectivity index (χ0v) is 14.2. The highest BCUT2D eigenvalue weighted by Crippen LogP contribution is 2.18. The van der Waals surface area contributed by atoms with Gasteiger partial charge in [-0.3, -0.25) is 4.79 Å². The van der Waals surface area contributed by atoms with Gasteiger partial charge in [0.05, 0.1) is 0 Å². The molecule has 2 aromatic rings. The molecule has 0 aliphatic heterocycles. The number of rotatable bonds is 7. The highest BCUT2D eigenvalue weighted by Gasteiger charge is 2.10. The third-order valence-electron chi connectivity index (χ3n) is 3.25. The molecule has 2 rings (SSSR count). The Morgan fingerprint density at radius 2 is 1.91 bits per heavy atom. The summed E-state index contributed by atoms with van der Waals surface area (Å²) >= 11 is 5.87. The molecule has 1 amide bonds. The van der Waals surface area contributed by atoms with Crippen LogP contribution in [0, 0.1) is 6.92 Å². The summed E-state index contributed by atoms with van der Waals surface area (Å²) in [6.07, 6.45) is 3.20. The van der Waals surface area contributed by atoms with Gasteiger partial charge in [0.15, 0.2) is 0 Å². The topological polar surface area (TPSA) is 66.9 Å². The van der Waals surface area contributed by atoms with Crippen molar-refractivity contribution in [1.29, 1.82) is 0 Å². The molecule has 0 spiro atoms. The van der Waals surface area contributed by atoms with Crippen LogP contribution in [-0.2, 0) is 0 Å². The lowest BCUT2D eigenvalue weighted by Crippen LogP contribution is -2.25. The average Bonchev–Trinajstić information content (AvgIpc) is 2.53. The van der Waals surface area contributed by atoms with Crippen LogP contribution in [0.5, 0.6) is 0 Å². The molecule has 0 aliphatic carbocycles. The lowest BCUT2D eigenvalue weighted by molar-refractivity contribution is 0.0947. The molecule has 6 heteroatoms. The molecule has 0 unspecified atom stereocenters. The summed E-state index contributed by atoms with van der Waals surface area (Å²) < 4.78 is 0. The van der Waals surface area contributed by atoms with Gasteiger partial charge in [0.1, 0.15) is 17.3 Å². The molecular formula is C17H21ClN4O. The number of benzene rings is 1. The fraction of sp³-hybridized carbons (Fsp3) is 0.353. The van der Waals surface area contributed by atoms with E-state index in [4.69, 9.17) is 11.6 Å². The van der Waals surface area contributed by atoms with Gasteiger partial charge in [0.25, 0.3) is 5.91 Å². The van der Waals surface area contributed by atoms with Crippen molar-refractivity contribution in [2.24, 2.45) is 0 Å². The van der Waals surface area contributed by atoms with E-state index < -0.39 is 0 Å². The third kappa shape index (κ3) is 5.53. The van der Waals surface area contributed by atoms with E-state index in [0.717, 1.165) is 24.9 Å². The summed E-state index contributed by atoms with van der Waals surface area (Å²) in [7, 11) is 0. The van der Waals surface area contributed by atoms with Gasteiger partial charge in [-0.15, -0.1) is 0 Å². The summed E-state index contributed by atoms with van der Waals surface area (Å²) in [4.78, 5) is 20.7. The Bertz CT molecular complexity index is 658. The normalized spacial score (nSPS) is 10.4. The average molecular weight is 333 g/mol. The SMILES string of the molecule is CCCCCNC(=O)c1cc(Nc2ccc(Cl)cc2)nc(C)n1. The molecule has 0 atom stereocenters. The third-order valence-corrected chi connectivity index (χ3v) is 3.51. The second-order valence-electron chi connectivity index (χ2n) is 5.28. The smallest absolute Gasteiger partial charge is 0.270 e. The highest BCUT2D eigenvalue weighted by molar-refractivity contribution is 6.30. The van der Waals surface area contributed by atoms with E-state index in [-0.39, 0.29) is 5.91 Å². The van der Waals surface area contributed by atoms with Gasteiger partial charge in [-0.2, -0.15) is 0 Å². The number of unbranched alkanes of at least 4 members (excludes halogenated alkanes) is 2. The van der Waals surface area contributed by atoms with E-state index >= 15 is 0 Å². The minimum Gasteiger partial charge on any atom is -0.351 e. The molecule has 0 saturated heterocycles. The Balaban J connectivity index is 2.05. The van der Waals surface area contributed by atoms with E-state index in [2.05, 4.69) is 27.5 Å². The molecule has 1 aromatic carbocycles. The maximum Gasteiger partial charge on any atom is 0.270 e. The van der Waals surface area contributed by atoms with Crippen LogP contribution in [-0.4, -0.2) is 22.4 Å². The first-order valence-electron chi connectivity index (χ1n) is 7.75. The molecule has 0 radical (unpaired) electrons. The molecular weight excluding hydrogens is 312 g/mol. The van der Waals surface area contributed by atoms with Crippen LogP contribution in [0.4, 0.5) is 11.5 Å². The Hall–Kier alpha value is -2.14. The number of aryl methyl sites for hydroxylation is 1. The number of carbonyl (C=O) groups is 1. The first-order chi connectivity index (χ1) is 11.1. The van der Waals surface area contributed by atoms with Crippen molar-refractivity contribution >= 4 is 29.0 Å². The van der Waals surface area contributed by atoms with Crippen molar-refractivity contribution < 1.29 is 4.79 Å². The van der Waals surface area contributed by atoms with E-state index in [9.17, 15) is 4.79 Å². The number of nitrogens with one attached hydrogen (secondary N) is 2. The number of hydrogen-bond donors (Lipinski definition) is 2. The number of hydrogen-bond acceptors (Lipinski definition) is 4. The summed E-state index contributed by atoms with van der Waals surface area (Å²) in [6.45, 7) is 4.56. The number of carbonyl (C=O) groups excluding carboxylic acids is 1. The van der Waals surface area contributed by atoms with Crippen LogP contribution >= 0.6 is 11.6 Å². The van der Waals surface area contributed by atoms with E-state index in [1.807, 2.05) is 12.1 Å². The van der Waals surface area contributed by atoms with Crippen molar-refractivity contribution in [2.75, 3.05) is 11.9 Å². The summed E-state index contributed by atoms with van der Waals surface area (Å²) in [5, 5.41) is 6.71. The number of anilines is 2. The number of amides is 1. The Morgan fingerprint density at radius 1 is 1.17 bits per heavy atom. The number of nitrogens with zero attached hydrogens (tertiary/aromatic N) is 2. The van der Waals surface area contributed by atoms with Gasteiger partial charge in [-0.25, -0.2) is 9.97 Å². The minimum atomic E-state index is -0.175. The summed E-state index contributed by atoms with van der Waals surface area (Å²) in [5.74, 6) is 0.951. The maximum atomic E-state index is 12.2. The van der Waals surface area contributed by atoms with Crippen LogP contribution in [0.25, 0.3) is 0 Å². The lowest BCUT2D eigenvalue weighted by atomic mass is 10.2. The molecule has 1 aromatic heterocycles. The molecule has 1 heterocycles. The number of aromatic nitrogens is 2. The molecule has 122 valence electrons. The highest BCUT2D eigenvalue weighted by atomic mass is 35.5. The van der Waals surface area contributed by atoms with Crippen LogP contribution in [0.3, 0.4) is 0 Å².